The van der Waals surface area contributed by atoms with Crippen molar-refractivity contribution >= 4 is 18.0 Å². The van der Waals surface area contributed by atoms with Crippen molar-refractivity contribution in [2.45, 2.75) is 33.2 Å². The lowest BCUT2D eigenvalue weighted by molar-refractivity contribution is -0.222. The molecule has 0 saturated carbocycles. The van der Waals surface area contributed by atoms with Gasteiger partial charge in [-0.2, -0.15) is 0 Å². The van der Waals surface area contributed by atoms with Crippen molar-refractivity contribution in [3.63, 3.8) is 0 Å². The maximum atomic E-state index is 12.1. The summed E-state index contributed by atoms with van der Waals surface area (Å²) in [6, 6.07) is 13.0. The molecule has 1 heterocycles. The van der Waals surface area contributed by atoms with E-state index in [1.165, 1.54) is 19.9 Å². The Balaban J connectivity index is 1.83. The highest BCUT2D eigenvalue weighted by Gasteiger charge is 2.38. The molecule has 2 aromatic carbocycles. The predicted octanol–water partition coefficient (Wildman–Crippen LogP) is 3.80. The average molecular weight is 382 g/mol. The molecule has 2 aromatic rings. The third-order valence-corrected chi connectivity index (χ3v) is 4.15. The van der Waals surface area contributed by atoms with Crippen LogP contribution in [0.5, 0.6) is 11.5 Å². The first kappa shape index (κ1) is 19.5. The molecule has 6 nitrogen and oxygen atoms in total. The van der Waals surface area contributed by atoms with Crippen LogP contribution in [0.4, 0.5) is 0 Å². The fraction of sp³-hybridized carbons (Fsp3) is 0.273. The van der Waals surface area contributed by atoms with Gasteiger partial charge < -0.3 is 18.9 Å². The van der Waals surface area contributed by atoms with Crippen LogP contribution in [0.2, 0.25) is 0 Å². The van der Waals surface area contributed by atoms with Gasteiger partial charge in [-0.05, 0) is 42.8 Å². The second kappa shape index (κ2) is 7.76. The largest absolute Gasteiger partial charge is 0.496 e. The third-order valence-electron chi connectivity index (χ3n) is 4.15. The zero-order valence-electron chi connectivity index (χ0n) is 16.3. The Labute approximate surface area is 163 Å². The zero-order valence-corrected chi connectivity index (χ0v) is 16.3. The molecular weight excluding hydrogens is 360 g/mol. The van der Waals surface area contributed by atoms with E-state index in [2.05, 4.69) is 0 Å². The zero-order chi connectivity index (χ0) is 20.3. The summed E-state index contributed by atoms with van der Waals surface area (Å²) in [7, 11) is 1.57. The van der Waals surface area contributed by atoms with Gasteiger partial charge in [0.15, 0.2) is 0 Å². The van der Waals surface area contributed by atoms with Crippen molar-refractivity contribution in [2.75, 3.05) is 7.11 Å². The number of rotatable bonds is 5. The maximum absolute atomic E-state index is 12.1. The number of ether oxygens (including phenoxy) is 4. The highest BCUT2D eigenvalue weighted by Crippen LogP contribution is 2.27. The van der Waals surface area contributed by atoms with E-state index in [4.69, 9.17) is 18.9 Å². The summed E-state index contributed by atoms with van der Waals surface area (Å²) in [4.78, 5) is 24.3. The van der Waals surface area contributed by atoms with Gasteiger partial charge in [-0.25, -0.2) is 9.59 Å². The minimum Gasteiger partial charge on any atom is -0.496 e. The van der Waals surface area contributed by atoms with Crippen LogP contribution >= 0.6 is 0 Å². The van der Waals surface area contributed by atoms with E-state index in [0.29, 0.717) is 11.3 Å². The van der Waals surface area contributed by atoms with Crippen molar-refractivity contribution in [1.82, 2.24) is 0 Å². The van der Waals surface area contributed by atoms with Gasteiger partial charge in [-0.3, -0.25) is 0 Å². The molecule has 0 N–H and O–H groups in total. The molecule has 0 bridgehead atoms. The standard InChI is InChI=1S/C22H22O6/c1-14-5-8-17(9-6-14)26-13-16-11-15(7-10-19(16)25-4)12-18-20(23)27-22(2,3)28-21(18)24/h5-12H,13H2,1-4H3. The highest BCUT2D eigenvalue weighted by atomic mass is 16.7. The number of esters is 2. The molecule has 0 atom stereocenters. The Morgan fingerprint density at radius 2 is 1.64 bits per heavy atom. The molecule has 6 heteroatoms. The molecule has 0 amide bonds. The molecule has 0 aromatic heterocycles. The monoisotopic (exact) mass is 382 g/mol. The van der Waals surface area contributed by atoms with Gasteiger partial charge in [0.1, 0.15) is 23.7 Å². The van der Waals surface area contributed by atoms with E-state index in [1.54, 1.807) is 25.3 Å². The van der Waals surface area contributed by atoms with E-state index in [0.717, 1.165) is 16.9 Å². The number of benzene rings is 2. The van der Waals surface area contributed by atoms with Gasteiger partial charge >= 0.3 is 11.9 Å². The Kier molecular flexibility index (Phi) is 5.40. The highest BCUT2D eigenvalue weighted by molar-refractivity contribution is 6.18. The average Bonchev–Trinajstić information content (AvgIpc) is 2.63. The summed E-state index contributed by atoms with van der Waals surface area (Å²) < 4.78 is 21.4. The number of aryl methyl sites for hydroxylation is 1. The van der Waals surface area contributed by atoms with Crippen molar-refractivity contribution in [3.05, 3.63) is 64.7 Å². The molecule has 0 spiro atoms. The Morgan fingerprint density at radius 3 is 2.25 bits per heavy atom. The summed E-state index contributed by atoms with van der Waals surface area (Å²) >= 11 is 0. The van der Waals surface area contributed by atoms with Gasteiger partial charge in [0.05, 0.1) is 7.11 Å². The second-order valence-electron chi connectivity index (χ2n) is 6.91. The van der Waals surface area contributed by atoms with E-state index < -0.39 is 17.7 Å². The topological polar surface area (TPSA) is 71.1 Å². The van der Waals surface area contributed by atoms with Gasteiger partial charge in [0, 0.05) is 19.4 Å². The first-order chi connectivity index (χ1) is 13.3. The normalized spacial score (nSPS) is 15.5. The number of methoxy groups -OCH3 is 1. The first-order valence-corrected chi connectivity index (χ1v) is 8.82. The summed E-state index contributed by atoms with van der Waals surface area (Å²) in [5.74, 6) is -1.32. The smallest absolute Gasteiger partial charge is 0.348 e. The van der Waals surface area contributed by atoms with Gasteiger partial charge in [-0.15, -0.1) is 0 Å². The fourth-order valence-corrected chi connectivity index (χ4v) is 2.74. The van der Waals surface area contributed by atoms with Gasteiger partial charge in [-0.1, -0.05) is 23.8 Å². The molecule has 0 aliphatic carbocycles. The maximum Gasteiger partial charge on any atom is 0.348 e. The third kappa shape index (κ3) is 4.52. The number of hydrogen-bond donors (Lipinski definition) is 0. The lowest BCUT2D eigenvalue weighted by atomic mass is 10.1. The lowest BCUT2D eigenvalue weighted by Gasteiger charge is -2.29. The minimum atomic E-state index is -1.27. The van der Waals surface area contributed by atoms with Gasteiger partial charge in [0.25, 0.3) is 5.79 Å². The molecular formula is C22H22O6. The second-order valence-corrected chi connectivity index (χ2v) is 6.91. The van der Waals surface area contributed by atoms with Crippen LogP contribution in [-0.4, -0.2) is 24.8 Å². The van der Waals surface area contributed by atoms with Crippen molar-refractivity contribution in [1.29, 1.82) is 0 Å². The quantitative estimate of drug-likeness (QED) is 0.445. The molecule has 28 heavy (non-hydrogen) atoms. The predicted molar refractivity (Wildman–Crippen MR) is 103 cm³/mol. The number of carbonyl (C=O) groups is 2. The van der Waals surface area contributed by atoms with E-state index in [9.17, 15) is 9.59 Å². The van der Waals surface area contributed by atoms with Crippen LogP contribution in [0, 0.1) is 6.92 Å². The minimum absolute atomic E-state index is 0.158. The SMILES string of the molecule is COc1ccc(C=C2C(=O)OC(C)(C)OC2=O)cc1COc1ccc(C)cc1. The van der Waals surface area contributed by atoms with Crippen LogP contribution in [0.15, 0.2) is 48.0 Å². The van der Waals surface area contributed by atoms with Crippen molar-refractivity contribution in [3.8, 4) is 11.5 Å². The lowest BCUT2D eigenvalue weighted by Crippen LogP contribution is -2.41. The van der Waals surface area contributed by atoms with Gasteiger partial charge in [0.2, 0.25) is 0 Å². The molecule has 0 unspecified atom stereocenters. The van der Waals surface area contributed by atoms with Crippen LogP contribution in [-0.2, 0) is 25.7 Å². The van der Waals surface area contributed by atoms with Crippen LogP contribution < -0.4 is 9.47 Å². The van der Waals surface area contributed by atoms with E-state index in [1.807, 2.05) is 31.2 Å². The molecule has 1 fully saturated rings. The number of carbonyl (C=O) groups excluding carboxylic acids is 2. The Morgan fingerprint density at radius 1 is 1.00 bits per heavy atom. The summed E-state index contributed by atoms with van der Waals surface area (Å²) in [5, 5.41) is 0. The molecule has 3 rings (SSSR count). The molecule has 1 aliphatic heterocycles. The molecule has 146 valence electrons. The summed E-state index contributed by atoms with van der Waals surface area (Å²) in [6.07, 6.45) is 1.44. The molecule has 0 radical (unpaired) electrons. The van der Waals surface area contributed by atoms with Crippen molar-refractivity contribution in [2.24, 2.45) is 0 Å². The van der Waals surface area contributed by atoms with Crippen molar-refractivity contribution < 1.29 is 28.5 Å². The van der Waals surface area contributed by atoms with E-state index >= 15 is 0 Å². The van der Waals surface area contributed by atoms with E-state index in [-0.39, 0.29) is 12.2 Å². The number of hydrogen-bond acceptors (Lipinski definition) is 6. The first-order valence-electron chi connectivity index (χ1n) is 8.82. The summed E-state index contributed by atoms with van der Waals surface area (Å²) in [5.41, 5.74) is 2.39. The van der Waals surface area contributed by atoms with Crippen LogP contribution in [0.1, 0.15) is 30.5 Å². The molecule has 1 saturated heterocycles. The summed E-state index contributed by atoms with van der Waals surface area (Å²) in [6.45, 7) is 5.29. The molecule has 1 aliphatic rings. The van der Waals surface area contributed by atoms with Crippen LogP contribution in [0.25, 0.3) is 6.08 Å². The Hall–Kier alpha value is -3.28. The van der Waals surface area contributed by atoms with Crippen LogP contribution in [0.3, 0.4) is 0 Å². The fourth-order valence-electron chi connectivity index (χ4n) is 2.74. The Bertz CT molecular complexity index is 903. The number of cyclic esters (lactones) is 2.